The Morgan fingerprint density at radius 3 is 2.15 bits per heavy atom. The van der Waals surface area contributed by atoms with Gasteiger partial charge in [-0.25, -0.2) is 0 Å². The van der Waals surface area contributed by atoms with Gasteiger partial charge in [-0.3, -0.25) is 0 Å². The molecule has 1 atom stereocenters. The lowest BCUT2D eigenvalue weighted by atomic mass is 9.97. The van der Waals surface area contributed by atoms with Crippen LogP contribution in [0.5, 0.6) is 5.75 Å². The van der Waals surface area contributed by atoms with Crippen molar-refractivity contribution in [1.29, 1.82) is 0 Å². The van der Waals surface area contributed by atoms with Gasteiger partial charge >= 0.3 is 0 Å². The first-order valence-electron chi connectivity index (χ1n) is 6.22. The second-order valence-corrected chi connectivity index (χ2v) is 6.53. The van der Waals surface area contributed by atoms with E-state index in [1.54, 1.807) is 7.11 Å². The molecule has 1 unspecified atom stereocenters. The van der Waals surface area contributed by atoms with Crippen LogP contribution in [-0.4, -0.2) is 12.2 Å². The Morgan fingerprint density at radius 2 is 1.65 bits per heavy atom. The lowest BCUT2D eigenvalue weighted by Crippen LogP contribution is -2.03. The van der Waals surface area contributed by atoms with E-state index in [0.29, 0.717) is 0 Å². The van der Waals surface area contributed by atoms with Gasteiger partial charge in [0.15, 0.2) is 0 Å². The van der Waals surface area contributed by atoms with Gasteiger partial charge in [-0.05, 0) is 60.4 Å². The van der Waals surface area contributed by atoms with Crippen LogP contribution < -0.4 is 4.74 Å². The summed E-state index contributed by atoms with van der Waals surface area (Å²) in [6.07, 6.45) is -0.666. The maximum Gasteiger partial charge on any atom is 0.124 e. The average molecular weight is 400 g/mol. The van der Waals surface area contributed by atoms with Crippen LogP contribution in [0.1, 0.15) is 28.4 Å². The topological polar surface area (TPSA) is 29.5 Å². The SMILES string of the molecule is COc1c(C)cc(C(O)c2ccc(Br)cc2Br)cc1C. The number of aryl methyl sites for hydroxylation is 2. The maximum absolute atomic E-state index is 10.6. The van der Waals surface area contributed by atoms with E-state index in [0.717, 1.165) is 36.9 Å². The summed E-state index contributed by atoms with van der Waals surface area (Å²) in [5, 5.41) is 10.6. The summed E-state index contributed by atoms with van der Waals surface area (Å²) in [4.78, 5) is 0. The highest BCUT2D eigenvalue weighted by Crippen LogP contribution is 2.34. The van der Waals surface area contributed by atoms with Gasteiger partial charge in [0, 0.05) is 8.95 Å². The largest absolute Gasteiger partial charge is 0.496 e. The van der Waals surface area contributed by atoms with Crippen LogP contribution in [-0.2, 0) is 0 Å². The van der Waals surface area contributed by atoms with E-state index in [-0.39, 0.29) is 0 Å². The standard InChI is InChI=1S/C16H16Br2O2/c1-9-6-11(7-10(2)16(9)20-3)15(19)13-5-4-12(17)8-14(13)18/h4-8,15,19H,1-3H3. The Balaban J connectivity index is 2.45. The molecule has 0 saturated carbocycles. The minimum atomic E-state index is -0.666. The van der Waals surface area contributed by atoms with Crippen LogP contribution in [0, 0.1) is 13.8 Å². The van der Waals surface area contributed by atoms with Crippen molar-refractivity contribution < 1.29 is 9.84 Å². The van der Waals surface area contributed by atoms with Crippen molar-refractivity contribution in [2.45, 2.75) is 20.0 Å². The molecule has 20 heavy (non-hydrogen) atoms. The van der Waals surface area contributed by atoms with Crippen molar-refractivity contribution in [3.63, 3.8) is 0 Å². The van der Waals surface area contributed by atoms with Crippen LogP contribution in [0.25, 0.3) is 0 Å². The summed E-state index contributed by atoms with van der Waals surface area (Å²) in [6.45, 7) is 3.97. The Labute approximate surface area is 136 Å². The number of aliphatic hydroxyl groups excluding tert-OH is 1. The lowest BCUT2D eigenvalue weighted by molar-refractivity contribution is 0.219. The molecule has 2 nitrogen and oxygen atoms in total. The molecule has 0 spiro atoms. The van der Waals surface area contributed by atoms with Gasteiger partial charge in [-0.15, -0.1) is 0 Å². The molecule has 0 saturated heterocycles. The molecule has 2 rings (SSSR count). The molecule has 2 aromatic rings. The number of ether oxygens (including phenoxy) is 1. The van der Waals surface area contributed by atoms with Crippen molar-refractivity contribution in [2.24, 2.45) is 0 Å². The van der Waals surface area contributed by atoms with Gasteiger partial charge in [-0.1, -0.05) is 37.9 Å². The van der Waals surface area contributed by atoms with Crippen LogP contribution in [0.3, 0.4) is 0 Å². The van der Waals surface area contributed by atoms with Crippen molar-refractivity contribution in [3.8, 4) is 5.75 Å². The van der Waals surface area contributed by atoms with Crippen molar-refractivity contribution in [1.82, 2.24) is 0 Å². The number of hydrogen-bond acceptors (Lipinski definition) is 2. The van der Waals surface area contributed by atoms with Crippen molar-refractivity contribution >= 4 is 31.9 Å². The molecule has 0 bridgehead atoms. The van der Waals surface area contributed by atoms with Gasteiger partial charge in [0.05, 0.1) is 7.11 Å². The summed E-state index contributed by atoms with van der Waals surface area (Å²) in [5.41, 5.74) is 3.76. The minimum absolute atomic E-state index is 0.666. The van der Waals surface area contributed by atoms with E-state index in [2.05, 4.69) is 31.9 Å². The number of aliphatic hydroxyl groups is 1. The molecule has 0 aliphatic rings. The molecule has 0 aliphatic carbocycles. The highest BCUT2D eigenvalue weighted by atomic mass is 79.9. The minimum Gasteiger partial charge on any atom is -0.496 e. The van der Waals surface area contributed by atoms with E-state index in [1.165, 1.54) is 0 Å². The molecule has 0 aliphatic heterocycles. The highest BCUT2D eigenvalue weighted by Gasteiger charge is 2.16. The Kier molecular flexibility index (Phi) is 4.89. The van der Waals surface area contributed by atoms with Crippen LogP contribution in [0.4, 0.5) is 0 Å². The third-order valence-corrected chi connectivity index (χ3v) is 4.44. The molecule has 0 heterocycles. The Hall–Kier alpha value is -0.840. The number of benzene rings is 2. The third-order valence-electron chi connectivity index (χ3n) is 3.26. The number of rotatable bonds is 3. The predicted molar refractivity (Wildman–Crippen MR) is 88.4 cm³/mol. The summed E-state index contributed by atoms with van der Waals surface area (Å²) in [6, 6.07) is 9.69. The van der Waals surface area contributed by atoms with Gasteiger partial charge in [0.25, 0.3) is 0 Å². The Morgan fingerprint density at radius 1 is 1.05 bits per heavy atom. The summed E-state index contributed by atoms with van der Waals surface area (Å²) >= 11 is 6.91. The highest BCUT2D eigenvalue weighted by molar-refractivity contribution is 9.11. The first-order chi connectivity index (χ1) is 9.43. The fourth-order valence-corrected chi connectivity index (χ4v) is 3.63. The zero-order valence-electron chi connectivity index (χ0n) is 11.6. The summed E-state index contributed by atoms with van der Waals surface area (Å²) in [7, 11) is 1.66. The first-order valence-corrected chi connectivity index (χ1v) is 7.80. The zero-order chi connectivity index (χ0) is 14.9. The quantitative estimate of drug-likeness (QED) is 0.793. The number of methoxy groups -OCH3 is 1. The first kappa shape index (κ1) is 15.5. The normalized spacial score (nSPS) is 12.3. The fourth-order valence-electron chi connectivity index (χ4n) is 2.37. The van der Waals surface area contributed by atoms with Gasteiger partial charge < -0.3 is 9.84 Å². The number of hydrogen-bond donors (Lipinski definition) is 1. The summed E-state index contributed by atoms with van der Waals surface area (Å²) < 4.78 is 7.21. The lowest BCUT2D eigenvalue weighted by Gasteiger charge is -2.17. The third kappa shape index (κ3) is 3.08. The molecule has 0 amide bonds. The molecule has 106 valence electrons. The van der Waals surface area contributed by atoms with Gasteiger partial charge in [0.2, 0.25) is 0 Å². The molecular formula is C16H16Br2O2. The molecule has 0 fully saturated rings. The van der Waals surface area contributed by atoms with Crippen LogP contribution in [0.15, 0.2) is 39.3 Å². The van der Waals surface area contributed by atoms with E-state index >= 15 is 0 Å². The fraction of sp³-hybridized carbons (Fsp3) is 0.250. The van der Waals surface area contributed by atoms with E-state index in [1.807, 2.05) is 44.2 Å². The van der Waals surface area contributed by atoms with E-state index in [4.69, 9.17) is 4.74 Å². The second-order valence-electron chi connectivity index (χ2n) is 4.76. The van der Waals surface area contributed by atoms with Gasteiger partial charge in [0.1, 0.15) is 11.9 Å². The molecule has 0 radical (unpaired) electrons. The molecule has 0 aromatic heterocycles. The molecule has 1 N–H and O–H groups in total. The molecule has 2 aromatic carbocycles. The smallest absolute Gasteiger partial charge is 0.124 e. The second kappa shape index (κ2) is 6.29. The maximum atomic E-state index is 10.6. The van der Waals surface area contributed by atoms with Crippen molar-refractivity contribution in [3.05, 3.63) is 61.5 Å². The molecular weight excluding hydrogens is 384 g/mol. The average Bonchev–Trinajstić information content (AvgIpc) is 2.37. The van der Waals surface area contributed by atoms with E-state index < -0.39 is 6.10 Å². The van der Waals surface area contributed by atoms with Gasteiger partial charge in [-0.2, -0.15) is 0 Å². The predicted octanol–water partition coefficient (Wildman–Crippen LogP) is 4.92. The Bertz CT molecular complexity index is 615. The van der Waals surface area contributed by atoms with Crippen LogP contribution in [0.2, 0.25) is 0 Å². The van der Waals surface area contributed by atoms with Crippen molar-refractivity contribution in [2.75, 3.05) is 7.11 Å². The zero-order valence-corrected chi connectivity index (χ0v) is 14.7. The monoisotopic (exact) mass is 398 g/mol. The number of halogens is 2. The van der Waals surface area contributed by atoms with E-state index in [9.17, 15) is 5.11 Å². The molecule has 4 heteroatoms. The summed E-state index contributed by atoms with van der Waals surface area (Å²) in [5.74, 6) is 0.871. The van der Waals surface area contributed by atoms with Crippen LogP contribution >= 0.6 is 31.9 Å².